The zero-order valence-corrected chi connectivity index (χ0v) is 24.0. The molecule has 0 aliphatic heterocycles. The molecule has 3 aromatic carbocycles. The van der Waals surface area contributed by atoms with E-state index >= 15 is 0 Å². The van der Waals surface area contributed by atoms with Gasteiger partial charge in [0.15, 0.2) is 0 Å². The highest BCUT2D eigenvalue weighted by atomic mass is 16.1. The molecular weight excluding hydrogens is 554 g/mol. The van der Waals surface area contributed by atoms with E-state index in [4.69, 9.17) is 17.2 Å². The van der Waals surface area contributed by atoms with Crippen molar-refractivity contribution in [3.05, 3.63) is 90.6 Å². The Balaban J connectivity index is 0.000000162. The van der Waals surface area contributed by atoms with E-state index in [1.807, 2.05) is 61.5 Å². The number of hydrogen-bond acceptors (Lipinski definition) is 11. The van der Waals surface area contributed by atoms with Crippen LogP contribution in [-0.4, -0.2) is 42.4 Å². The average molecular weight is 586 g/mol. The van der Waals surface area contributed by atoms with Crippen LogP contribution in [0.5, 0.6) is 0 Å². The fourth-order valence-corrected chi connectivity index (χ4v) is 4.73. The molecule has 1 aliphatic carbocycles. The Kier molecular flexibility index (Phi) is 7.78. The summed E-state index contributed by atoms with van der Waals surface area (Å²) < 4.78 is 0. The minimum absolute atomic E-state index is 0.0169. The summed E-state index contributed by atoms with van der Waals surface area (Å²) in [5.41, 5.74) is 23.6. The summed E-state index contributed by atoms with van der Waals surface area (Å²) in [6, 6.07) is 19.1. The molecule has 44 heavy (non-hydrogen) atoms. The average Bonchev–Trinajstić information content (AvgIpc) is 3.86. The Morgan fingerprint density at radius 3 is 2.23 bits per heavy atom. The third kappa shape index (κ3) is 6.44. The van der Waals surface area contributed by atoms with E-state index in [9.17, 15) is 4.79 Å². The number of rotatable bonds is 6. The highest BCUT2D eigenvalue weighted by Gasteiger charge is 2.22. The molecule has 1 aliphatic rings. The van der Waals surface area contributed by atoms with Crippen molar-refractivity contribution in [3.8, 4) is 11.1 Å². The van der Waals surface area contributed by atoms with Gasteiger partial charge in [-0.05, 0) is 90.9 Å². The van der Waals surface area contributed by atoms with E-state index in [1.165, 1.54) is 25.5 Å². The first-order chi connectivity index (χ1) is 21.3. The number of aryl methyl sites for hydroxylation is 1. The van der Waals surface area contributed by atoms with E-state index < -0.39 is 0 Å². The van der Waals surface area contributed by atoms with Gasteiger partial charge in [0.1, 0.15) is 30.1 Å². The van der Waals surface area contributed by atoms with Crippen LogP contribution < -0.4 is 27.8 Å². The molecule has 0 atom stereocenters. The van der Waals surface area contributed by atoms with E-state index in [2.05, 4.69) is 40.5 Å². The second-order valence-corrected chi connectivity index (χ2v) is 10.6. The molecule has 0 spiro atoms. The summed E-state index contributed by atoms with van der Waals surface area (Å²) in [4.78, 5) is 36.7. The van der Waals surface area contributed by atoms with Crippen molar-refractivity contribution in [2.45, 2.75) is 19.8 Å². The third-order valence-corrected chi connectivity index (χ3v) is 7.34. The van der Waals surface area contributed by atoms with Crippen LogP contribution in [0.1, 0.15) is 28.8 Å². The number of carbonyl (C=O) groups is 1. The van der Waals surface area contributed by atoms with Gasteiger partial charge >= 0.3 is 0 Å². The molecule has 1 amide bonds. The third-order valence-electron chi connectivity index (χ3n) is 7.34. The standard InChI is InChI=1S/C20H20N4O.C12H11N7/c1-12-2-5-15(20(25)22-10-13-3-4-13)9-16(12)14-6-7-18-17(8-14)19(21)24-11-23-18;13-11-8-5-7(1-2-9(8)16-6-17-11)18-10-3-4-15-12(14)19-10/h2,5-9,11,13H,3-4,10H2,1H3,(H,22,25)(H2,21,23,24);1-6H,(H2,13,16,17)(H3,14,15,18,19). The summed E-state index contributed by atoms with van der Waals surface area (Å²) >= 11 is 0. The lowest BCUT2D eigenvalue weighted by Crippen LogP contribution is -2.25. The summed E-state index contributed by atoms with van der Waals surface area (Å²) in [6.07, 6.45) is 6.94. The number of nitrogen functional groups attached to an aromatic ring is 3. The molecule has 0 unspecified atom stereocenters. The van der Waals surface area contributed by atoms with Crippen LogP contribution in [-0.2, 0) is 0 Å². The highest BCUT2D eigenvalue weighted by molar-refractivity contribution is 5.97. The molecule has 220 valence electrons. The van der Waals surface area contributed by atoms with Crippen LogP contribution in [0.15, 0.2) is 79.5 Å². The summed E-state index contributed by atoms with van der Waals surface area (Å²) in [6.45, 7) is 2.81. The Hall–Kier alpha value is -5.91. The van der Waals surface area contributed by atoms with Gasteiger partial charge in [-0.2, -0.15) is 4.98 Å². The van der Waals surface area contributed by atoms with Gasteiger partial charge in [0, 0.05) is 34.8 Å². The predicted octanol–water partition coefficient (Wildman–Crippen LogP) is 4.66. The van der Waals surface area contributed by atoms with Gasteiger partial charge < -0.3 is 27.8 Å². The van der Waals surface area contributed by atoms with Gasteiger partial charge in [-0.25, -0.2) is 24.9 Å². The molecule has 0 radical (unpaired) electrons. The van der Waals surface area contributed by atoms with E-state index in [0.717, 1.165) is 50.7 Å². The lowest BCUT2D eigenvalue weighted by atomic mass is 9.96. The summed E-state index contributed by atoms with van der Waals surface area (Å²) in [5.74, 6) is 2.38. The number of nitrogens with one attached hydrogen (secondary N) is 2. The summed E-state index contributed by atoms with van der Waals surface area (Å²) in [7, 11) is 0. The fraction of sp³-hybridized carbons (Fsp3) is 0.156. The first-order valence-electron chi connectivity index (χ1n) is 14.1. The van der Waals surface area contributed by atoms with Crippen LogP contribution in [0.25, 0.3) is 32.9 Å². The van der Waals surface area contributed by atoms with Crippen molar-refractivity contribution in [1.82, 2.24) is 35.2 Å². The molecule has 12 heteroatoms. The van der Waals surface area contributed by atoms with Crippen LogP contribution in [0.3, 0.4) is 0 Å². The number of hydrogen-bond donors (Lipinski definition) is 5. The van der Waals surface area contributed by atoms with Crippen molar-refractivity contribution in [2.75, 3.05) is 29.1 Å². The molecule has 0 bridgehead atoms. The zero-order valence-electron chi connectivity index (χ0n) is 24.0. The molecule has 0 saturated heterocycles. The van der Waals surface area contributed by atoms with Gasteiger partial charge in [-0.1, -0.05) is 12.1 Å². The van der Waals surface area contributed by atoms with Gasteiger partial charge in [-0.3, -0.25) is 4.79 Å². The lowest BCUT2D eigenvalue weighted by molar-refractivity contribution is 0.0952. The number of nitrogens with two attached hydrogens (primary N) is 3. The molecule has 7 rings (SSSR count). The Bertz CT molecular complexity index is 1990. The number of amides is 1. The van der Waals surface area contributed by atoms with Crippen molar-refractivity contribution in [2.24, 2.45) is 5.92 Å². The van der Waals surface area contributed by atoms with Crippen molar-refractivity contribution >= 4 is 56.8 Å². The zero-order chi connectivity index (χ0) is 30.6. The quantitative estimate of drug-likeness (QED) is 0.182. The smallest absolute Gasteiger partial charge is 0.251 e. The van der Waals surface area contributed by atoms with Gasteiger partial charge in [0.05, 0.1) is 11.0 Å². The van der Waals surface area contributed by atoms with Crippen molar-refractivity contribution in [3.63, 3.8) is 0 Å². The monoisotopic (exact) mass is 585 g/mol. The number of benzene rings is 3. The molecule has 3 aromatic heterocycles. The van der Waals surface area contributed by atoms with Gasteiger partial charge in [0.2, 0.25) is 5.95 Å². The minimum atomic E-state index is -0.0169. The topological polar surface area (TPSA) is 197 Å². The van der Waals surface area contributed by atoms with Gasteiger partial charge in [0.25, 0.3) is 5.91 Å². The highest BCUT2D eigenvalue weighted by Crippen LogP contribution is 2.30. The van der Waals surface area contributed by atoms with Crippen LogP contribution in [0.4, 0.5) is 29.1 Å². The van der Waals surface area contributed by atoms with E-state index in [0.29, 0.717) is 28.9 Å². The predicted molar refractivity (Wildman–Crippen MR) is 173 cm³/mol. The largest absolute Gasteiger partial charge is 0.383 e. The number of nitrogens with zero attached hydrogens (tertiary/aromatic N) is 6. The van der Waals surface area contributed by atoms with Crippen LogP contribution >= 0.6 is 0 Å². The molecular formula is C32H31N11O. The van der Waals surface area contributed by atoms with Crippen molar-refractivity contribution in [1.29, 1.82) is 0 Å². The molecule has 6 aromatic rings. The molecule has 1 saturated carbocycles. The minimum Gasteiger partial charge on any atom is -0.383 e. The van der Waals surface area contributed by atoms with Crippen LogP contribution in [0.2, 0.25) is 0 Å². The first-order valence-corrected chi connectivity index (χ1v) is 14.1. The maximum atomic E-state index is 12.4. The van der Waals surface area contributed by atoms with Gasteiger partial charge in [-0.15, -0.1) is 0 Å². The Labute approximate surface area is 253 Å². The molecule has 3 heterocycles. The number of aromatic nitrogens is 6. The Morgan fingerprint density at radius 2 is 1.52 bits per heavy atom. The number of fused-ring (bicyclic) bond motifs is 2. The maximum absolute atomic E-state index is 12.4. The maximum Gasteiger partial charge on any atom is 0.251 e. The van der Waals surface area contributed by atoms with E-state index in [-0.39, 0.29) is 11.9 Å². The molecule has 1 fully saturated rings. The second-order valence-electron chi connectivity index (χ2n) is 10.6. The number of carbonyl (C=O) groups excluding carboxylic acids is 1. The lowest BCUT2D eigenvalue weighted by Gasteiger charge is -2.11. The normalized spacial score (nSPS) is 12.4. The van der Waals surface area contributed by atoms with Crippen LogP contribution in [0, 0.1) is 12.8 Å². The van der Waals surface area contributed by atoms with E-state index in [1.54, 1.807) is 12.3 Å². The Morgan fingerprint density at radius 1 is 0.818 bits per heavy atom. The fourth-order valence-electron chi connectivity index (χ4n) is 4.73. The SMILES string of the molecule is Cc1ccc(C(=O)NCC2CC2)cc1-c1ccc2ncnc(N)c2c1.Nc1nccc(Nc2ccc3ncnc(N)c3c2)n1. The second kappa shape index (κ2) is 12.1. The first kappa shape index (κ1) is 28.2. The molecule has 12 nitrogen and oxygen atoms in total. The summed E-state index contributed by atoms with van der Waals surface area (Å²) in [5, 5.41) is 7.75. The van der Waals surface area contributed by atoms with Crippen molar-refractivity contribution < 1.29 is 4.79 Å². The molecule has 8 N–H and O–H groups in total. The number of anilines is 5.